The fraction of sp³-hybridized carbons (Fsp3) is 0.167. The Morgan fingerprint density at radius 2 is 1.71 bits per heavy atom. The van der Waals surface area contributed by atoms with Crippen molar-refractivity contribution in [2.45, 2.75) is 25.3 Å². The molecule has 0 atom stereocenters. The molecule has 0 saturated heterocycles. The van der Waals surface area contributed by atoms with E-state index < -0.39 is 10.0 Å². The molecule has 0 saturated carbocycles. The fourth-order valence-corrected chi connectivity index (χ4v) is 3.91. The summed E-state index contributed by atoms with van der Waals surface area (Å²) in [6, 6.07) is 17.0. The third-order valence-electron chi connectivity index (χ3n) is 3.90. The van der Waals surface area contributed by atoms with Gasteiger partial charge in [0, 0.05) is 12.1 Å². The van der Waals surface area contributed by atoms with Crippen molar-refractivity contribution in [2.24, 2.45) is 0 Å². The van der Waals surface area contributed by atoms with E-state index in [1.165, 1.54) is 6.20 Å². The molecule has 0 amide bonds. The quantitative estimate of drug-likeness (QED) is 0.770. The number of rotatable bonds is 5. The minimum Gasteiger partial charge on any atom is -0.279 e. The normalized spacial score (nSPS) is 11.4. The predicted octanol–water partition coefficient (Wildman–Crippen LogP) is 3.68. The van der Waals surface area contributed by atoms with Gasteiger partial charge in [0.2, 0.25) is 0 Å². The number of benzene rings is 2. The van der Waals surface area contributed by atoms with Gasteiger partial charge in [0.05, 0.1) is 17.6 Å². The molecule has 0 radical (unpaired) electrons. The van der Waals surface area contributed by atoms with Crippen LogP contribution in [0.5, 0.6) is 0 Å². The minimum atomic E-state index is -3.70. The second-order valence-electron chi connectivity index (χ2n) is 5.43. The molecule has 1 aromatic heterocycles. The second kappa shape index (κ2) is 6.49. The standard InChI is InChI=1S/C18H19N3O2S/c1-3-21-14(2)18(13-19-21)24(22,23)20-17-12-8-7-11-16(17)15-9-5-4-6-10-15/h4-13,20H,3H2,1-2H3. The Bertz CT molecular complexity index is 947. The van der Waals surface area contributed by atoms with E-state index in [1.54, 1.807) is 17.7 Å². The summed E-state index contributed by atoms with van der Waals surface area (Å²) in [5.41, 5.74) is 2.97. The summed E-state index contributed by atoms with van der Waals surface area (Å²) >= 11 is 0. The van der Waals surface area contributed by atoms with Gasteiger partial charge in [0.1, 0.15) is 4.90 Å². The highest BCUT2D eigenvalue weighted by Crippen LogP contribution is 2.29. The Kier molecular flexibility index (Phi) is 4.40. The van der Waals surface area contributed by atoms with Crippen molar-refractivity contribution in [1.29, 1.82) is 0 Å². The van der Waals surface area contributed by atoms with Crippen LogP contribution in [0, 0.1) is 6.92 Å². The van der Waals surface area contributed by atoms with Gasteiger partial charge in [-0.3, -0.25) is 9.40 Å². The number of nitrogens with zero attached hydrogens (tertiary/aromatic N) is 2. The zero-order valence-corrected chi connectivity index (χ0v) is 14.4. The Hall–Kier alpha value is -2.60. The smallest absolute Gasteiger partial charge is 0.265 e. The highest BCUT2D eigenvalue weighted by molar-refractivity contribution is 7.92. The van der Waals surface area contributed by atoms with Crippen LogP contribution in [0.3, 0.4) is 0 Å². The molecule has 2 aromatic carbocycles. The number of para-hydroxylation sites is 1. The molecule has 0 aliphatic rings. The minimum absolute atomic E-state index is 0.201. The fourth-order valence-electron chi connectivity index (χ4n) is 2.65. The van der Waals surface area contributed by atoms with Crippen molar-refractivity contribution < 1.29 is 8.42 Å². The molecule has 3 rings (SSSR count). The number of hydrogen-bond acceptors (Lipinski definition) is 3. The van der Waals surface area contributed by atoms with Crippen LogP contribution in [-0.2, 0) is 16.6 Å². The zero-order chi connectivity index (χ0) is 17.2. The maximum atomic E-state index is 12.8. The summed E-state index contributed by atoms with van der Waals surface area (Å²) in [5.74, 6) is 0. The lowest BCUT2D eigenvalue weighted by Crippen LogP contribution is -2.14. The van der Waals surface area contributed by atoms with Crippen LogP contribution in [0.4, 0.5) is 5.69 Å². The van der Waals surface area contributed by atoms with Gasteiger partial charge >= 0.3 is 0 Å². The van der Waals surface area contributed by atoms with E-state index in [4.69, 9.17) is 0 Å². The summed E-state index contributed by atoms with van der Waals surface area (Å²) in [6.07, 6.45) is 1.40. The van der Waals surface area contributed by atoms with E-state index >= 15 is 0 Å². The third-order valence-corrected chi connectivity index (χ3v) is 5.37. The molecule has 1 N–H and O–H groups in total. The van der Waals surface area contributed by atoms with Crippen LogP contribution in [0.25, 0.3) is 11.1 Å². The van der Waals surface area contributed by atoms with Gasteiger partial charge in [-0.15, -0.1) is 0 Å². The summed E-state index contributed by atoms with van der Waals surface area (Å²) in [4.78, 5) is 0.201. The van der Waals surface area contributed by atoms with Gasteiger partial charge in [-0.25, -0.2) is 8.42 Å². The van der Waals surface area contributed by atoms with Crippen molar-refractivity contribution in [3.63, 3.8) is 0 Å². The summed E-state index contributed by atoms with van der Waals surface area (Å²) in [6.45, 7) is 4.31. The Labute approximate surface area is 142 Å². The maximum absolute atomic E-state index is 12.8. The molecule has 0 unspecified atom stereocenters. The molecule has 0 bridgehead atoms. The first-order valence-electron chi connectivity index (χ1n) is 7.72. The Morgan fingerprint density at radius 3 is 2.38 bits per heavy atom. The zero-order valence-electron chi connectivity index (χ0n) is 13.6. The molecule has 124 valence electrons. The number of anilines is 1. The molecule has 0 spiro atoms. The molecular weight excluding hydrogens is 322 g/mol. The van der Waals surface area contributed by atoms with E-state index in [9.17, 15) is 8.42 Å². The van der Waals surface area contributed by atoms with Gasteiger partial charge < -0.3 is 0 Å². The van der Waals surface area contributed by atoms with Crippen LogP contribution in [-0.4, -0.2) is 18.2 Å². The largest absolute Gasteiger partial charge is 0.279 e. The van der Waals surface area contributed by atoms with E-state index in [0.29, 0.717) is 17.9 Å². The Morgan fingerprint density at radius 1 is 1.04 bits per heavy atom. The van der Waals surface area contributed by atoms with E-state index in [1.807, 2.05) is 55.5 Å². The first-order valence-corrected chi connectivity index (χ1v) is 9.21. The molecule has 1 heterocycles. The molecule has 24 heavy (non-hydrogen) atoms. The first-order chi connectivity index (χ1) is 11.5. The second-order valence-corrected chi connectivity index (χ2v) is 7.08. The lowest BCUT2D eigenvalue weighted by Gasteiger charge is -2.12. The van der Waals surface area contributed by atoms with Crippen LogP contribution >= 0.6 is 0 Å². The summed E-state index contributed by atoms with van der Waals surface area (Å²) in [5, 5.41) is 4.12. The average Bonchev–Trinajstić information content (AvgIpc) is 2.97. The SMILES string of the molecule is CCn1ncc(S(=O)(=O)Nc2ccccc2-c2ccccc2)c1C. The van der Waals surface area contributed by atoms with E-state index in [0.717, 1.165) is 11.1 Å². The van der Waals surface area contributed by atoms with Gasteiger partial charge in [-0.05, 0) is 25.5 Å². The monoisotopic (exact) mass is 341 g/mol. The lowest BCUT2D eigenvalue weighted by molar-refractivity contribution is 0.598. The van der Waals surface area contributed by atoms with Crippen molar-refractivity contribution in [2.75, 3.05) is 4.72 Å². The predicted molar refractivity (Wildman–Crippen MR) is 95.3 cm³/mol. The van der Waals surface area contributed by atoms with Crippen molar-refractivity contribution >= 4 is 15.7 Å². The first kappa shape index (κ1) is 16.3. The van der Waals surface area contributed by atoms with Gasteiger partial charge in [0.15, 0.2) is 0 Å². The lowest BCUT2D eigenvalue weighted by atomic mass is 10.0. The van der Waals surface area contributed by atoms with Crippen molar-refractivity contribution in [3.05, 3.63) is 66.5 Å². The molecular formula is C18H19N3O2S. The molecule has 3 aromatic rings. The molecule has 0 aliphatic heterocycles. The highest BCUT2D eigenvalue weighted by Gasteiger charge is 2.21. The van der Waals surface area contributed by atoms with E-state index in [2.05, 4.69) is 9.82 Å². The molecule has 6 heteroatoms. The van der Waals surface area contributed by atoms with E-state index in [-0.39, 0.29) is 4.90 Å². The Balaban J connectivity index is 2.01. The van der Waals surface area contributed by atoms with Crippen molar-refractivity contribution in [1.82, 2.24) is 9.78 Å². The highest BCUT2D eigenvalue weighted by atomic mass is 32.2. The number of nitrogens with one attached hydrogen (secondary N) is 1. The van der Waals surface area contributed by atoms with Gasteiger partial charge in [0.25, 0.3) is 10.0 Å². The topological polar surface area (TPSA) is 64.0 Å². The number of aromatic nitrogens is 2. The van der Waals surface area contributed by atoms with Gasteiger partial charge in [-0.1, -0.05) is 48.5 Å². The summed E-state index contributed by atoms with van der Waals surface area (Å²) < 4.78 is 29.9. The summed E-state index contributed by atoms with van der Waals surface area (Å²) in [7, 11) is -3.70. The molecule has 0 aliphatic carbocycles. The number of aryl methyl sites for hydroxylation is 1. The van der Waals surface area contributed by atoms with Crippen LogP contribution < -0.4 is 4.72 Å². The van der Waals surface area contributed by atoms with Crippen molar-refractivity contribution in [3.8, 4) is 11.1 Å². The number of sulfonamides is 1. The van der Waals surface area contributed by atoms with Gasteiger partial charge in [-0.2, -0.15) is 5.10 Å². The van der Waals surface area contributed by atoms with Crippen LogP contribution in [0.15, 0.2) is 65.7 Å². The molecule has 5 nitrogen and oxygen atoms in total. The maximum Gasteiger partial charge on any atom is 0.265 e. The number of hydrogen-bond donors (Lipinski definition) is 1. The van der Waals surface area contributed by atoms with Crippen LogP contribution in [0.2, 0.25) is 0 Å². The molecule has 0 fully saturated rings. The average molecular weight is 341 g/mol. The van der Waals surface area contributed by atoms with Crippen LogP contribution in [0.1, 0.15) is 12.6 Å². The third kappa shape index (κ3) is 3.05.